The van der Waals surface area contributed by atoms with Crippen LogP contribution in [0.25, 0.3) is 0 Å². The molecule has 2 N–H and O–H groups in total. The van der Waals surface area contributed by atoms with Crippen LogP contribution < -0.4 is 5.32 Å². The van der Waals surface area contributed by atoms with Crippen molar-refractivity contribution in [3.05, 3.63) is 0 Å². The van der Waals surface area contributed by atoms with E-state index in [0.29, 0.717) is 0 Å². The van der Waals surface area contributed by atoms with Crippen LogP contribution in [0, 0.1) is 0 Å². The highest BCUT2D eigenvalue weighted by Crippen LogP contribution is 2.23. The number of amides is 2. The third-order valence-corrected chi connectivity index (χ3v) is 2.55. The Bertz CT molecular complexity index is 224. The van der Waals surface area contributed by atoms with E-state index in [1.54, 1.807) is 0 Å². The van der Waals surface area contributed by atoms with Crippen molar-refractivity contribution >= 4 is 12.0 Å². The summed E-state index contributed by atoms with van der Waals surface area (Å²) in [7, 11) is 1.52. The predicted molar refractivity (Wildman–Crippen MR) is 51.1 cm³/mol. The molecule has 1 fully saturated rings. The van der Waals surface area contributed by atoms with Crippen LogP contribution in [0.3, 0.4) is 0 Å². The van der Waals surface area contributed by atoms with Gasteiger partial charge < -0.3 is 15.3 Å². The molecule has 0 aromatic carbocycles. The Morgan fingerprint density at radius 1 is 1.43 bits per heavy atom. The molecule has 5 nitrogen and oxygen atoms in total. The van der Waals surface area contributed by atoms with Gasteiger partial charge in [0.1, 0.15) is 6.54 Å². The monoisotopic (exact) mass is 200 g/mol. The van der Waals surface area contributed by atoms with E-state index in [0.717, 1.165) is 25.7 Å². The van der Waals surface area contributed by atoms with Gasteiger partial charge in [-0.3, -0.25) is 4.79 Å². The lowest BCUT2D eigenvalue weighted by molar-refractivity contribution is -0.138. The summed E-state index contributed by atoms with van der Waals surface area (Å²) >= 11 is 0. The van der Waals surface area contributed by atoms with E-state index in [9.17, 15) is 9.59 Å². The van der Waals surface area contributed by atoms with Gasteiger partial charge >= 0.3 is 12.0 Å². The molecule has 1 aliphatic rings. The van der Waals surface area contributed by atoms with Crippen LogP contribution in [0.5, 0.6) is 0 Å². The van der Waals surface area contributed by atoms with Gasteiger partial charge in [-0.2, -0.15) is 0 Å². The Hall–Kier alpha value is -1.26. The van der Waals surface area contributed by atoms with Gasteiger partial charge in [-0.05, 0) is 12.8 Å². The Balaban J connectivity index is 2.59. The first-order valence-corrected chi connectivity index (χ1v) is 4.85. The van der Waals surface area contributed by atoms with Gasteiger partial charge in [0, 0.05) is 13.1 Å². The SMILES string of the molecule is CNC(=O)N(CC(=O)O)C1CCCC1. The van der Waals surface area contributed by atoms with E-state index in [4.69, 9.17) is 5.11 Å². The number of aliphatic carboxylic acids is 1. The summed E-state index contributed by atoms with van der Waals surface area (Å²) in [5.41, 5.74) is 0. The van der Waals surface area contributed by atoms with Crippen LogP contribution in [0.2, 0.25) is 0 Å². The van der Waals surface area contributed by atoms with Crippen LogP contribution in [-0.4, -0.2) is 41.6 Å². The second-order valence-electron chi connectivity index (χ2n) is 3.52. The van der Waals surface area contributed by atoms with Crippen molar-refractivity contribution in [2.45, 2.75) is 31.7 Å². The highest BCUT2D eigenvalue weighted by Gasteiger charge is 2.27. The molecule has 0 aromatic rings. The van der Waals surface area contributed by atoms with E-state index in [-0.39, 0.29) is 18.6 Å². The topological polar surface area (TPSA) is 69.6 Å². The van der Waals surface area contributed by atoms with Gasteiger partial charge in [0.05, 0.1) is 0 Å². The molecule has 0 radical (unpaired) electrons. The molecule has 0 saturated heterocycles. The standard InChI is InChI=1S/C9H16N2O3/c1-10-9(14)11(6-8(12)13)7-4-2-3-5-7/h7H,2-6H2,1H3,(H,10,14)(H,12,13). The molecule has 0 heterocycles. The van der Waals surface area contributed by atoms with Gasteiger partial charge in [0.25, 0.3) is 0 Å². The summed E-state index contributed by atoms with van der Waals surface area (Å²) in [5.74, 6) is -0.958. The van der Waals surface area contributed by atoms with Crippen LogP contribution in [0.15, 0.2) is 0 Å². The molecule has 2 amide bonds. The summed E-state index contributed by atoms with van der Waals surface area (Å²) in [6, 6.07) is -0.189. The highest BCUT2D eigenvalue weighted by molar-refractivity contribution is 5.80. The number of hydrogen-bond acceptors (Lipinski definition) is 2. The first-order valence-electron chi connectivity index (χ1n) is 4.85. The number of carbonyl (C=O) groups is 2. The second kappa shape index (κ2) is 4.83. The van der Waals surface area contributed by atoms with Crippen molar-refractivity contribution in [1.82, 2.24) is 10.2 Å². The van der Waals surface area contributed by atoms with Crippen molar-refractivity contribution in [1.29, 1.82) is 0 Å². The minimum atomic E-state index is -0.958. The van der Waals surface area contributed by atoms with E-state index < -0.39 is 5.97 Å². The van der Waals surface area contributed by atoms with Crippen LogP contribution >= 0.6 is 0 Å². The quantitative estimate of drug-likeness (QED) is 0.703. The zero-order valence-electron chi connectivity index (χ0n) is 8.32. The molecule has 5 heteroatoms. The molecule has 14 heavy (non-hydrogen) atoms. The molecule has 1 rings (SSSR count). The molecular formula is C9H16N2O3. The molecular weight excluding hydrogens is 184 g/mol. The number of carbonyl (C=O) groups excluding carboxylic acids is 1. The Labute approximate surface area is 83.1 Å². The summed E-state index contributed by atoms with van der Waals surface area (Å²) in [6.45, 7) is -0.204. The van der Waals surface area contributed by atoms with Gasteiger partial charge in [-0.1, -0.05) is 12.8 Å². The molecule has 0 aromatic heterocycles. The predicted octanol–water partition coefficient (Wildman–Crippen LogP) is 0.655. The Morgan fingerprint density at radius 3 is 2.43 bits per heavy atom. The molecule has 0 spiro atoms. The summed E-state index contributed by atoms with van der Waals surface area (Å²) in [6.07, 6.45) is 4.00. The smallest absolute Gasteiger partial charge is 0.323 e. The maximum absolute atomic E-state index is 11.4. The molecule has 0 unspecified atom stereocenters. The average Bonchev–Trinajstić information content (AvgIpc) is 2.65. The average molecular weight is 200 g/mol. The maximum atomic E-state index is 11.4. The summed E-state index contributed by atoms with van der Waals surface area (Å²) in [4.78, 5) is 23.4. The molecule has 0 bridgehead atoms. The molecule has 80 valence electrons. The number of urea groups is 1. The molecule has 0 aliphatic heterocycles. The van der Waals surface area contributed by atoms with E-state index in [1.807, 2.05) is 0 Å². The lowest BCUT2D eigenvalue weighted by Crippen LogP contribution is -2.46. The normalized spacial score (nSPS) is 16.6. The number of rotatable bonds is 3. The van der Waals surface area contributed by atoms with Crippen LogP contribution in [0.4, 0.5) is 4.79 Å². The fraction of sp³-hybridized carbons (Fsp3) is 0.778. The first kappa shape index (κ1) is 10.8. The van der Waals surface area contributed by atoms with Crippen molar-refractivity contribution in [3.63, 3.8) is 0 Å². The van der Waals surface area contributed by atoms with E-state index in [1.165, 1.54) is 11.9 Å². The van der Waals surface area contributed by atoms with Gasteiger partial charge in [0.2, 0.25) is 0 Å². The Kier molecular flexibility index (Phi) is 3.73. The number of carboxylic acid groups (broad SMARTS) is 1. The van der Waals surface area contributed by atoms with Crippen molar-refractivity contribution < 1.29 is 14.7 Å². The summed E-state index contributed by atoms with van der Waals surface area (Å²) < 4.78 is 0. The molecule has 0 atom stereocenters. The van der Waals surface area contributed by atoms with Crippen molar-refractivity contribution in [2.75, 3.05) is 13.6 Å². The third-order valence-electron chi connectivity index (χ3n) is 2.55. The van der Waals surface area contributed by atoms with Crippen LogP contribution in [0.1, 0.15) is 25.7 Å². The lowest BCUT2D eigenvalue weighted by Gasteiger charge is -2.26. The molecule has 1 saturated carbocycles. The lowest BCUT2D eigenvalue weighted by atomic mass is 10.2. The molecule has 1 aliphatic carbocycles. The minimum absolute atomic E-state index is 0.103. The van der Waals surface area contributed by atoms with Gasteiger partial charge in [-0.15, -0.1) is 0 Å². The Morgan fingerprint density at radius 2 is 2.00 bits per heavy atom. The van der Waals surface area contributed by atoms with Crippen molar-refractivity contribution in [2.24, 2.45) is 0 Å². The van der Waals surface area contributed by atoms with E-state index >= 15 is 0 Å². The zero-order valence-corrected chi connectivity index (χ0v) is 8.32. The summed E-state index contributed by atoms with van der Waals surface area (Å²) in [5, 5.41) is 11.1. The number of nitrogens with one attached hydrogen (secondary N) is 1. The fourth-order valence-electron chi connectivity index (χ4n) is 1.87. The minimum Gasteiger partial charge on any atom is -0.480 e. The highest BCUT2D eigenvalue weighted by atomic mass is 16.4. The zero-order chi connectivity index (χ0) is 10.6. The van der Waals surface area contributed by atoms with Crippen LogP contribution in [-0.2, 0) is 4.79 Å². The van der Waals surface area contributed by atoms with Crippen molar-refractivity contribution in [3.8, 4) is 0 Å². The number of carboxylic acids is 1. The second-order valence-corrected chi connectivity index (χ2v) is 3.52. The maximum Gasteiger partial charge on any atom is 0.323 e. The van der Waals surface area contributed by atoms with E-state index in [2.05, 4.69) is 5.32 Å². The van der Waals surface area contributed by atoms with Gasteiger partial charge in [-0.25, -0.2) is 4.79 Å². The fourth-order valence-corrected chi connectivity index (χ4v) is 1.87. The first-order chi connectivity index (χ1) is 6.65. The number of hydrogen-bond donors (Lipinski definition) is 2. The largest absolute Gasteiger partial charge is 0.480 e. The number of nitrogens with zero attached hydrogens (tertiary/aromatic N) is 1. The van der Waals surface area contributed by atoms with Gasteiger partial charge in [0.15, 0.2) is 0 Å². The third kappa shape index (κ3) is 2.61.